The maximum atomic E-state index is 12.7. The molecule has 0 N–H and O–H groups in total. The van der Waals surface area contributed by atoms with E-state index in [0.717, 1.165) is 22.1 Å². The van der Waals surface area contributed by atoms with Gasteiger partial charge >= 0.3 is 124 Å². The number of fused-ring (bicyclic) bond motifs is 1. The normalized spacial score (nSPS) is 11.8. The van der Waals surface area contributed by atoms with E-state index >= 15 is 0 Å². The van der Waals surface area contributed by atoms with Crippen LogP contribution < -0.4 is 5.43 Å². The van der Waals surface area contributed by atoms with Gasteiger partial charge in [-0.2, -0.15) is 0 Å². The zero-order valence-electron chi connectivity index (χ0n) is 10.6. The van der Waals surface area contributed by atoms with Crippen molar-refractivity contribution in [1.29, 1.82) is 0 Å². The molecule has 0 atom stereocenters. The van der Waals surface area contributed by atoms with Crippen molar-refractivity contribution in [2.75, 3.05) is 0 Å². The summed E-state index contributed by atoms with van der Waals surface area (Å²) in [7, 11) is 0. The van der Waals surface area contributed by atoms with Crippen LogP contribution in [0.15, 0.2) is 59.4 Å². The second kappa shape index (κ2) is 5.17. The molecule has 0 aliphatic rings. The Morgan fingerprint density at radius 2 is 1.62 bits per heavy atom. The Labute approximate surface area is 124 Å². The molecule has 21 heavy (non-hydrogen) atoms. The Balaban J connectivity index is 2.21. The van der Waals surface area contributed by atoms with Crippen molar-refractivity contribution in [2.24, 2.45) is 0 Å². The van der Waals surface area contributed by atoms with Gasteiger partial charge in [0.1, 0.15) is 0 Å². The fourth-order valence-corrected chi connectivity index (χ4v) is 4.31. The van der Waals surface area contributed by atoms with Crippen LogP contribution >= 0.6 is 0 Å². The summed E-state index contributed by atoms with van der Waals surface area (Å²) in [5.41, 5.74) is -0.193. The Hall–Kier alpha value is -1.84. The molecule has 0 radical (unpaired) electrons. The van der Waals surface area contributed by atoms with Gasteiger partial charge in [0.25, 0.3) is 0 Å². The van der Waals surface area contributed by atoms with Gasteiger partial charge in [0.2, 0.25) is 0 Å². The summed E-state index contributed by atoms with van der Waals surface area (Å²) in [5, 5.41) is 0.171. The molecular formula is C16H9F3OSe. The van der Waals surface area contributed by atoms with Crippen molar-refractivity contribution in [3.8, 4) is 10.0 Å². The predicted molar refractivity (Wildman–Crippen MR) is 77.6 cm³/mol. The van der Waals surface area contributed by atoms with Gasteiger partial charge < -0.3 is 0 Å². The molecule has 3 rings (SSSR count). The van der Waals surface area contributed by atoms with Crippen molar-refractivity contribution in [3.05, 3.63) is 70.4 Å². The topological polar surface area (TPSA) is 17.1 Å². The van der Waals surface area contributed by atoms with Gasteiger partial charge in [-0.1, -0.05) is 0 Å². The zero-order valence-corrected chi connectivity index (χ0v) is 12.4. The maximum absolute atomic E-state index is 12.7. The van der Waals surface area contributed by atoms with Gasteiger partial charge in [0, 0.05) is 0 Å². The number of hydrogen-bond acceptors (Lipinski definition) is 1. The molecule has 0 aliphatic heterocycles. The van der Waals surface area contributed by atoms with Crippen LogP contribution in [0.3, 0.4) is 0 Å². The summed E-state index contributed by atoms with van der Waals surface area (Å²) in [6.07, 6.45) is -4.42. The number of benzene rings is 2. The molecule has 1 aromatic heterocycles. The summed E-state index contributed by atoms with van der Waals surface area (Å²) in [6.45, 7) is 0. The molecule has 2 aromatic carbocycles. The van der Waals surface area contributed by atoms with Crippen LogP contribution in [0.4, 0.5) is 13.2 Å². The average molecular weight is 353 g/mol. The fourth-order valence-electron chi connectivity index (χ4n) is 2.08. The molecule has 0 fully saturated rings. The minimum atomic E-state index is -4.42. The molecule has 0 spiro atoms. The molecular weight excluding hydrogens is 344 g/mol. The summed E-state index contributed by atoms with van der Waals surface area (Å²) in [4.78, 5) is 12.1. The van der Waals surface area contributed by atoms with Gasteiger partial charge in [-0.3, -0.25) is 0 Å². The number of alkyl halides is 3. The molecule has 3 aromatic rings. The van der Waals surface area contributed by atoms with E-state index < -0.39 is 11.7 Å². The van der Waals surface area contributed by atoms with Gasteiger partial charge in [0.05, 0.1) is 0 Å². The molecule has 106 valence electrons. The molecule has 0 saturated carbocycles. The van der Waals surface area contributed by atoms with Crippen LogP contribution in [0.5, 0.6) is 0 Å². The van der Waals surface area contributed by atoms with Crippen LogP contribution in [-0.2, 0) is 6.18 Å². The first-order valence-corrected chi connectivity index (χ1v) is 7.87. The monoisotopic (exact) mass is 354 g/mol. The van der Waals surface area contributed by atoms with Crippen LogP contribution in [0, 0.1) is 0 Å². The Kier molecular flexibility index (Phi) is 3.47. The second-order valence-corrected chi connectivity index (χ2v) is 6.82. The van der Waals surface area contributed by atoms with E-state index in [-0.39, 0.29) is 25.3 Å². The third-order valence-corrected chi connectivity index (χ3v) is 5.52. The number of halogens is 3. The van der Waals surface area contributed by atoms with Gasteiger partial charge in [-0.05, 0) is 0 Å². The van der Waals surface area contributed by atoms with E-state index in [2.05, 4.69) is 0 Å². The standard InChI is InChI=1S/C16H9F3OSe/c17-16(18,19)11-6-7-14-12(8-11)13(20)9-15(21-14)10-4-2-1-3-5-10/h1-9H. The van der Waals surface area contributed by atoms with Crippen LogP contribution in [-0.4, -0.2) is 14.5 Å². The fraction of sp³-hybridized carbons (Fsp3) is 0.0625. The summed E-state index contributed by atoms with van der Waals surface area (Å²) in [6, 6.07) is 14.3. The van der Waals surface area contributed by atoms with Crippen molar-refractivity contribution in [3.63, 3.8) is 0 Å². The average Bonchev–Trinajstić information content (AvgIpc) is 2.47. The summed E-state index contributed by atoms with van der Waals surface area (Å²) >= 11 is -0.172. The Morgan fingerprint density at radius 1 is 0.905 bits per heavy atom. The predicted octanol–water partition coefficient (Wildman–Crippen LogP) is 3.94. The molecule has 1 nitrogen and oxygen atoms in total. The first-order chi connectivity index (χ1) is 9.95. The van der Waals surface area contributed by atoms with E-state index in [1.54, 1.807) is 0 Å². The van der Waals surface area contributed by atoms with E-state index in [1.807, 2.05) is 30.3 Å². The van der Waals surface area contributed by atoms with E-state index in [0.29, 0.717) is 4.26 Å². The number of hydrogen-bond donors (Lipinski definition) is 0. The Morgan fingerprint density at radius 3 is 2.29 bits per heavy atom. The first kappa shape index (κ1) is 14.1. The molecule has 0 amide bonds. The second-order valence-electron chi connectivity index (χ2n) is 4.55. The molecule has 0 saturated heterocycles. The minimum absolute atomic E-state index is 0.171. The van der Waals surface area contributed by atoms with Crippen molar-refractivity contribution in [2.45, 2.75) is 6.18 Å². The van der Waals surface area contributed by atoms with Crippen molar-refractivity contribution >= 4 is 24.1 Å². The molecule has 0 bridgehead atoms. The molecule has 5 heteroatoms. The van der Waals surface area contributed by atoms with Crippen LogP contribution in [0.1, 0.15) is 5.56 Å². The summed E-state index contributed by atoms with van der Waals surface area (Å²) in [5.74, 6) is 0. The van der Waals surface area contributed by atoms with E-state index in [4.69, 9.17) is 0 Å². The molecule has 1 heterocycles. The van der Waals surface area contributed by atoms with E-state index in [9.17, 15) is 18.0 Å². The summed E-state index contributed by atoms with van der Waals surface area (Å²) < 4.78 is 39.7. The van der Waals surface area contributed by atoms with E-state index in [1.165, 1.54) is 12.1 Å². The van der Waals surface area contributed by atoms with Gasteiger partial charge in [0.15, 0.2) is 0 Å². The quantitative estimate of drug-likeness (QED) is 0.606. The van der Waals surface area contributed by atoms with Gasteiger partial charge in [-0.25, -0.2) is 0 Å². The van der Waals surface area contributed by atoms with Crippen LogP contribution in [0.2, 0.25) is 0 Å². The number of rotatable bonds is 1. The SMILES string of the molecule is O=c1cc(-c2ccccc2)[se]c2ccc(C(F)(F)F)cc12. The zero-order chi connectivity index (χ0) is 15.0. The van der Waals surface area contributed by atoms with Gasteiger partial charge in [-0.15, -0.1) is 0 Å². The van der Waals surface area contributed by atoms with Crippen molar-refractivity contribution < 1.29 is 13.2 Å². The molecule has 0 aliphatic carbocycles. The Bertz CT molecular complexity index is 851. The first-order valence-electron chi connectivity index (χ1n) is 6.16. The third kappa shape index (κ3) is 2.80. The molecule has 0 unspecified atom stereocenters. The van der Waals surface area contributed by atoms with Crippen LogP contribution in [0.25, 0.3) is 19.6 Å². The van der Waals surface area contributed by atoms with Crippen molar-refractivity contribution in [1.82, 2.24) is 0 Å². The third-order valence-electron chi connectivity index (χ3n) is 3.11.